The summed E-state index contributed by atoms with van der Waals surface area (Å²) in [6.45, 7) is 4.49. The molecule has 2 aliphatic rings. The van der Waals surface area contributed by atoms with Crippen molar-refractivity contribution in [1.82, 2.24) is 0 Å². The fraction of sp³-hybridized carbons (Fsp3) is 0.118. The molecule has 5 aromatic rings. The van der Waals surface area contributed by atoms with Gasteiger partial charge in [-0.3, -0.25) is 0 Å². The zero-order valence-corrected chi connectivity index (χ0v) is 22.3. The molecule has 10 radical (unpaired) electrons. The van der Waals surface area contributed by atoms with Crippen LogP contribution in [-0.2, 0) is 0 Å². The molecule has 0 bridgehead atoms. The lowest BCUT2D eigenvalue weighted by Crippen LogP contribution is -2.44. The van der Waals surface area contributed by atoms with Gasteiger partial charge in [-0.25, -0.2) is 0 Å². The second-order valence-electron chi connectivity index (χ2n) is 9.91. The van der Waals surface area contributed by atoms with Gasteiger partial charge in [-0.2, -0.15) is 4.67 Å². The van der Waals surface area contributed by atoms with Crippen LogP contribution in [0.4, 0.5) is 0 Å². The van der Waals surface area contributed by atoms with Crippen LogP contribution in [0.15, 0.2) is 81.2 Å². The van der Waals surface area contributed by atoms with E-state index < -0.39 is 8.16 Å². The molecule has 0 saturated heterocycles. The second-order valence-corrected chi connectivity index (χ2v) is 11.2. The summed E-state index contributed by atoms with van der Waals surface area (Å²) in [5.41, 5.74) is 1.72. The van der Waals surface area contributed by atoms with Crippen molar-refractivity contribution >= 4 is 51.6 Å². The van der Waals surface area contributed by atoms with Crippen molar-refractivity contribution < 1.29 is 8.39 Å². The third kappa shape index (κ3) is 4.16. The molecule has 0 aliphatic heterocycles. The largest absolute Gasteiger partial charge is 0.408 e. The van der Waals surface area contributed by atoms with Crippen molar-refractivity contribution in [1.29, 1.82) is 0 Å². The molecule has 0 spiro atoms. The molecule has 38 heavy (non-hydrogen) atoms. The van der Waals surface area contributed by atoms with Crippen LogP contribution >= 0.6 is 8.16 Å². The fourth-order valence-electron chi connectivity index (χ4n) is 5.71. The molecule has 2 fully saturated rings. The lowest BCUT2D eigenvalue weighted by Gasteiger charge is -2.36. The lowest BCUT2D eigenvalue weighted by atomic mass is 9.94. The molecule has 0 amide bonds. The lowest BCUT2D eigenvalue weighted by molar-refractivity contribution is 0.564. The number of nitrogens with zero attached hydrogens (tertiary/aromatic N) is 1. The van der Waals surface area contributed by atoms with Crippen LogP contribution in [0.3, 0.4) is 0 Å². The Morgan fingerprint density at radius 3 is 1.42 bits per heavy atom. The van der Waals surface area contributed by atoms with Crippen molar-refractivity contribution in [3.63, 3.8) is 0 Å². The van der Waals surface area contributed by atoms with Crippen LogP contribution < -0.4 is 4.67 Å². The van der Waals surface area contributed by atoms with Crippen LogP contribution in [0.25, 0.3) is 43.5 Å². The van der Waals surface area contributed by atoms with Gasteiger partial charge in [0.15, 0.2) is 0 Å². The normalized spacial score (nSPS) is 18.8. The van der Waals surface area contributed by atoms with Gasteiger partial charge in [0.25, 0.3) is 0 Å². The molecule has 0 unspecified atom stereocenters. The third-order valence-electron chi connectivity index (χ3n) is 7.71. The molecule has 4 heteroatoms. The average Bonchev–Trinajstić information content (AvgIpc) is 3.66. The smallest absolute Gasteiger partial charge is 0.310 e. The summed E-state index contributed by atoms with van der Waals surface area (Å²) in [6, 6.07) is 25.8. The van der Waals surface area contributed by atoms with Crippen molar-refractivity contribution in [3.8, 4) is 0 Å². The Morgan fingerprint density at radius 2 is 0.974 bits per heavy atom. The minimum absolute atomic E-state index is 0.0897. The predicted molar refractivity (Wildman–Crippen MR) is 159 cm³/mol. The minimum Gasteiger partial charge on any atom is -0.408 e. The minimum atomic E-state index is -1.50. The maximum atomic E-state index is 6.97. The zero-order valence-electron chi connectivity index (χ0n) is 21.4. The number of hydrogen-bond donors (Lipinski definition) is 0. The first kappa shape index (κ1) is 24.3. The molecule has 1 aromatic heterocycles. The summed E-state index contributed by atoms with van der Waals surface area (Å²) in [7, 11) is -1.50. The van der Waals surface area contributed by atoms with E-state index in [9.17, 15) is 0 Å². The topological polar surface area (TPSA) is 29.5 Å². The van der Waals surface area contributed by atoms with Crippen molar-refractivity contribution in [3.05, 3.63) is 136 Å². The highest BCUT2D eigenvalue weighted by Crippen LogP contribution is 2.47. The van der Waals surface area contributed by atoms with Gasteiger partial charge in [-0.05, 0) is 98.9 Å². The standard InChI is InChI=1S/C34H28NO2P/c1-23(25-11-3-4-12-25)35(24(2)26-13-5-6-14-26)38-36-31-21-19-27-15-7-9-17-29(27)33(31)34-30-18-10-8-16-28(30)20-22-32(34)37-38/h3-24H,1-2H3/t23-,24-/m1/s1. The quantitative estimate of drug-likeness (QED) is 0.235. The molecular formula is C34H28NO2P. The Morgan fingerprint density at radius 1 is 0.553 bits per heavy atom. The summed E-state index contributed by atoms with van der Waals surface area (Å²) in [5, 5.41) is 6.91. The van der Waals surface area contributed by atoms with Crippen LogP contribution in [-0.4, -0.2) is 12.1 Å². The first-order chi connectivity index (χ1) is 18.7. The monoisotopic (exact) mass is 513 g/mol. The van der Waals surface area contributed by atoms with E-state index in [4.69, 9.17) is 8.39 Å². The van der Waals surface area contributed by atoms with Gasteiger partial charge < -0.3 is 8.39 Å². The molecule has 4 aromatic carbocycles. The maximum Gasteiger partial charge on any atom is 0.310 e. The van der Waals surface area contributed by atoms with Crippen LogP contribution in [0.5, 0.6) is 0 Å². The van der Waals surface area contributed by atoms with Crippen LogP contribution in [0.2, 0.25) is 0 Å². The summed E-state index contributed by atoms with van der Waals surface area (Å²) in [6.07, 6.45) is 17.1. The number of benzene rings is 4. The van der Waals surface area contributed by atoms with Crippen molar-refractivity contribution in [2.24, 2.45) is 0 Å². The maximum absolute atomic E-state index is 6.97. The van der Waals surface area contributed by atoms with E-state index in [0.29, 0.717) is 0 Å². The van der Waals surface area contributed by atoms with E-state index in [0.717, 1.165) is 21.9 Å². The van der Waals surface area contributed by atoms with Crippen LogP contribution in [0.1, 0.15) is 13.8 Å². The van der Waals surface area contributed by atoms with E-state index >= 15 is 0 Å². The molecule has 3 nitrogen and oxygen atoms in total. The molecule has 2 atom stereocenters. The van der Waals surface area contributed by atoms with Crippen molar-refractivity contribution in [2.45, 2.75) is 25.9 Å². The molecule has 186 valence electrons. The molecule has 2 aliphatic carbocycles. The van der Waals surface area contributed by atoms with Gasteiger partial charge in [0.05, 0.1) is 0 Å². The number of fused-ring (bicyclic) bond motifs is 7. The second kappa shape index (κ2) is 10.1. The van der Waals surface area contributed by atoms with Crippen LogP contribution in [0, 0.1) is 63.2 Å². The Hall–Kier alpha value is -2.74. The summed E-state index contributed by atoms with van der Waals surface area (Å²) < 4.78 is 16.3. The summed E-state index contributed by atoms with van der Waals surface area (Å²) in [4.78, 5) is 0. The Bertz CT molecular complexity index is 1520. The SMILES string of the molecule is C[C@H]([C]1[CH][CH][CH][CH]1)N([C@H](C)[C]1[CH][CH][CH][CH]1)p1oc2ccc3ccccc3c2c2c(ccc3ccccc32)o1. The third-order valence-corrected chi connectivity index (χ3v) is 9.48. The van der Waals surface area contributed by atoms with E-state index in [1.165, 1.54) is 33.4 Å². The molecule has 7 rings (SSSR count). The molecule has 0 N–H and O–H groups in total. The van der Waals surface area contributed by atoms with Crippen molar-refractivity contribution in [2.75, 3.05) is 4.67 Å². The Kier molecular flexibility index (Phi) is 6.46. The Balaban J connectivity index is 1.55. The highest BCUT2D eigenvalue weighted by molar-refractivity contribution is 7.39. The van der Waals surface area contributed by atoms with Gasteiger partial charge in [0, 0.05) is 34.7 Å². The molecule has 1 heterocycles. The number of hydrogen-bond acceptors (Lipinski definition) is 3. The predicted octanol–water partition coefficient (Wildman–Crippen LogP) is 9.12. The van der Waals surface area contributed by atoms with Gasteiger partial charge in [0.1, 0.15) is 11.2 Å². The fourth-order valence-corrected chi connectivity index (χ4v) is 7.41. The molecule has 2 saturated carbocycles. The van der Waals surface area contributed by atoms with E-state index in [1.807, 2.05) is 0 Å². The average molecular weight is 514 g/mol. The van der Waals surface area contributed by atoms with Gasteiger partial charge in [-0.15, -0.1) is 0 Å². The van der Waals surface area contributed by atoms with Gasteiger partial charge >= 0.3 is 8.16 Å². The summed E-state index contributed by atoms with van der Waals surface area (Å²) >= 11 is 0. The van der Waals surface area contributed by atoms with E-state index in [2.05, 4.69) is 143 Å². The first-order valence-corrected chi connectivity index (χ1v) is 14.2. The van der Waals surface area contributed by atoms with Gasteiger partial charge in [-0.1, -0.05) is 60.7 Å². The summed E-state index contributed by atoms with van der Waals surface area (Å²) in [5.74, 6) is 2.50. The highest BCUT2D eigenvalue weighted by Gasteiger charge is 2.38. The van der Waals surface area contributed by atoms with E-state index in [-0.39, 0.29) is 12.1 Å². The Labute approximate surface area is 226 Å². The van der Waals surface area contributed by atoms with E-state index in [1.54, 1.807) is 0 Å². The first-order valence-electron chi connectivity index (χ1n) is 13.1. The zero-order chi connectivity index (χ0) is 25.6. The highest BCUT2D eigenvalue weighted by atomic mass is 31.1. The number of rotatable bonds is 5. The van der Waals surface area contributed by atoms with Gasteiger partial charge in [0.2, 0.25) is 0 Å². The molecular weight excluding hydrogens is 485 g/mol.